The van der Waals surface area contributed by atoms with Gasteiger partial charge in [-0.3, -0.25) is 14.9 Å². The number of nitrogens with zero attached hydrogens (tertiary/aromatic N) is 2. The van der Waals surface area contributed by atoms with E-state index in [1.807, 2.05) is 51.1 Å². The van der Waals surface area contributed by atoms with Crippen molar-refractivity contribution in [3.05, 3.63) is 35.9 Å². The Labute approximate surface area is 224 Å². The largest absolute Gasteiger partial charge is 0.479 e. The number of hydrogen-bond donors (Lipinski definition) is 3. The molecular formula is C25H39ClN4O5S. The Morgan fingerprint density at radius 1 is 1.17 bits per heavy atom. The van der Waals surface area contributed by atoms with Gasteiger partial charge in [-0.1, -0.05) is 69.3 Å². The van der Waals surface area contributed by atoms with E-state index in [4.69, 9.17) is 10.5 Å². The van der Waals surface area contributed by atoms with Crippen LogP contribution in [0.2, 0.25) is 0 Å². The molecule has 1 aromatic carbocycles. The first-order valence-corrected chi connectivity index (χ1v) is 12.9. The van der Waals surface area contributed by atoms with Gasteiger partial charge < -0.3 is 15.6 Å². The van der Waals surface area contributed by atoms with E-state index in [9.17, 15) is 19.5 Å². The van der Waals surface area contributed by atoms with E-state index in [0.29, 0.717) is 43.7 Å². The minimum atomic E-state index is -1.15. The standard InChI is InChI=1S/C25H38N4O5S.ClH/c1-5-34-23(33)19(15-14-17-11-7-6-8-12-17)27-18(13-9-10-16-26)20(30)29-21(22(31)32)35-24(28-29)25(2,3)4;/h6-8,11-12,18-19,21,27H,5,9-10,13-16,26H2,1-4H3,(H,31,32);1H/t18-,19?,21?;/m0./s1. The highest BCUT2D eigenvalue weighted by Gasteiger charge is 2.43. The van der Waals surface area contributed by atoms with Gasteiger partial charge >= 0.3 is 11.9 Å². The van der Waals surface area contributed by atoms with Crippen LogP contribution in [-0.4, -0.2) is 63.6 Å². The lowest BCUT2D eigenvalue weighted by Gasteiger charge is -2.27. The molecule has 36 heavy (non-hydrogen) atoms. The Morgan fingerprint density at radius 2 is 1.83 bits per heavy atom. The molecule has 0 aliphatic carbocycles. The summed E-state index contributed by atoms with van der Waals surface area (Å²) in [6.07, 6.45) is 2.78. The number of thioether (sulfide) groups is 1. The van der Waals surface area contributed by atoms with Crippen LogP contribution in [0, 0.1) is 5.41 Å². The zero-order chi connectivity index (χ0) is 26.0. The Hall–Kier alpha value is -2.14. The third-order valence-electron chi connectivity index (χ3n) is 5.51. The van der Waals surface area contributed by atoms with Gasteiger partial charge in [-0.25, -0.2) is 9.80 Å². The third-order valence-corrected chi connectivity index (χ3v) is 7.05. The number of rotatable bonds is 13. The predicted molar refractivity (Wildman–Crippen MR) is 145 cm³/mol. The number of carboxylic acids is 1. The SMILES string of the molecule is CCOC(=O)C(CCc1ccccc1)N[C@@H](CCCCN)C(=O)N1N=C(C(C)(C)C)SC1C(=O)O.Cl. The van der Waals surface area contributed by atoms with E-state index < -0.39 is 40.7 Å². The lowest BCUT2D eigenvalue weighted by molar-refractivity contribution is -0.149. The highest BCUT2D eigenvalue weighted by molar-refractivity contribution is 8.15. The first-order valence-electron chi connectivity index (χ1n) is 12.1. The molecule has 202 valence electrons. The summed E-state index contributed by atoms with van der Waals surface area (Å²) < 4.78 is 5.27. The molecule has 1 aliphatic heterocycles. The fourth-order valence-corrected chi connectivity index (χ4v) is 4.67. The highest BCUT2D eigenvalue weighted by Crippen LogP contribution is 2.36. The second kappa shape index (κ2) is 15.2. The number of esters is 1. The van der Waals surface area contributed by atoms with Gasteiger partial charge in [-0.05, 0) is 44.7 Å². The van der Waals surface area contributed by atoms with E-state index >= 15 is 0 Å². The molecule has 0 radical (unpaired) electrons. The van der Waals surface area contributed by atoms with Crippen molar-refractivity contribution < 1.29 is 24.2 Å². The number of aliphatic carboxylic acids is 1. The number of hydrazone groups is 1. The van der Waals surface area contributed by atoms with E-state index in [1.54, 1.807) is 6.92 Å². The van der Waals surface area contributed by atoms with Crippen molar-refractivity contribution in [1.82, 2.24) is 10.3 Å². The Kier molecular flexibility index (Phi) is 13.5. The van der Waals surface area contributed by atoms with Crippen LogP contribution in [0.1, 0.15) is 58.9 Å². The Balaban J connectivity index is 0.00000648. The highest BCUT2D eigenvalue weighted by atomic mass is 35.5. The van der Waals surface area contributed by atoms with Gasteiger partial charge in [-0.2, -0.15) is 5.10 Å². The number of unbranched alkanes of at least 4 members (excludes halogenated alkanes) is 1. The second-order valence-electron chi connectivity index (χ2n) is 9.48. The van der Waals surface area contributed by atoms with E-state index in [-0.39, 0.29) is 19.0 Å². The van der Waals surface area contributed by atoms with Crippen LogP contribution in [0.3, 0.4) is 0 Å². The van der Waals surface area contributed by atoms with Crippen LogP contribution in [0.15, 0.2) is 35.4 Å². The van der Waals surface area contributed by atoms with Crippen LogP contribution in [0.5, 0.6) is 0 Å². The molecule has 3 atom stereocenters. The number of carbonyl (C=O) groups excluding carboxylic acids is 2. The summed E-state index contributed by atoms with van der Waals surface area (Å²) in [5.41, 5.74) is 6.31. The van der Waals surface area contributed by atoms with Gasteiger partial charge in [-0.15, -0.1) is 12.4 Å². The molecule has 4 N–H and O–H groups in total. The van der Waals surface area contributed by atoms with Crippen molar-refractivity contribution in [2.75, 3.05) is 13.2 Å². The molecule has 1 amide bonds. The minimum absolute atomic E-state index is 0. The Morgan fingerprint density at radius 3 is 2.39 bits per heavy atom. The molecule has 0 spiro atoms. The van der Waals surface area contributed by atoms with Gasteiger partial charge in [0, 0.05) is 5.41 Å². The van der Waals surface area contributed by atoms with Crippen molar-refractivity contribution in [3.63, 3.8) is 0 Å². The quantitative estimate of drug-likeness (QED) is 0.255. The number of ether oxygens (including phenoxy) is 1. The molecule has 0 aromatic heterocycles. The zero-order valence-corrected chi connectivity index (χ0v) is 23.1. The minimum Gasteiger partial charge on any atom is -0.479 e. The van der Waals surface area contributed by atoms with Crippen molar-refractivity contribution in [3.8, 4) is 0 Å². The van der Waals surface area contributed by atoms with Crippen LogP contribution in [-0.2, 0) is 25.5 Å². The average molecular weight is 543 g/mol. The summed E-state index contributed by atoms with van der Waals surface area (Å²) >= 11 is 1.06. The number of carbonyl (C=O) groups is 3. The molecule has 0 saturated carbocycles. The van der Waals surface area contributed by atoms with Gasteiger partial charge in [0.2, 0.25) is 5.37 Å². The van der Waals surface area contributed by atoms with Crippen LogP contribution >= 0.6 is 24.2 Å². The van der Waals surface area contributed by atoms with Gasteiger partial charge in [0.25, 0.3) is 5.91 Å². The molecule has 1 heterocycles. The number of carboxylic acid groups (broad SMARTS) is 1. The summed E-state index contributed by atoms with van der Waals surface area (Å²) in [7, 11) is 0. The van der Waals surface area contributed by atoms with E-state index in [0.717, 1.165) is 22.3 Å². The number of amides is 1. The molecular weight excluding hydrogens is 504 g/mol. The molecule has 1 aliphatic rings. The molecule has 0 bridgehead atoms. The maximum Gasteiger partial charge on any atom is 0.339 e. The zero-order valence-electron chi connectivity index (χ0n) is 21.4. The molecule has 11 heteroatoms. The summed E-state index contributed by atoms with van der Waals surface area (Å²) in [5, 5.41) is 17.8. The summed E-state index contributed by atoms with van der Waals surface area (Å²) in [6.45, 7) is 8.18. The van der Waals surface area contributed by atoms with Crippen molar-refractivity contribution in [2.24, 2.45) is 16.3 Å². The average Bonchev–Trinajstić information content (AvgIpc) is 3.28. The van der Waals surface area contributed by atoms with Crippen molar-refractivity contribution in [1.29, 1.82) is 0 Å². The maximum absolute atomic E-state index is 13.6. The van der Waals surface area contributed by atoms with E-state index in [1.165, 1.54) is 0 Å². The lowest BCUT2D eigenvalue weighted by atomic mass is 9.99. The number of halogens is 1. The Bertz CT molecular complexity index is 894. The van der Waals surface area contributed by atoms with Gasteiger partial charge in [0.05, 0.1) is 12.6 Å². The number of nitrogens with two attached hydrogens (primary N) is 1. The smallest absolute Gasteiger partial charge is 0.339 e. The maximum atomic E-state index is 13.6. The first kappa shape index (κ1) is 31.9. The van der Waals surface area contributed by atoms with Crippen LogP contribution in [0.25, 0.3) is 0 Å². The summed E-state index contributed by atoms with van der Waals surface area (Å²) in [5.74, 6) is -2.06. The summed E-state index contributed by atoms with van der Waals surface area (Å²) in [6, 6.07) is 8.22. The van der Waals surface area contributed by atoms with Crippen LogP contribution < -0.4 is 11.1 Å². The van der Waals surface area contributed by atoms with Crippen LogP contribution in [0.4, 0.5) is 0 Å². The fraction of sp³-hybridized carbons (Fsp3) is 0.600. The molecule has 2 rings (SSSR count). The third kappa shape index (κ3) is 9.38. The lowest BCUT2D eigenvalue weighted by Crippen LogP contribution is -2.53. The second-order valence-corrected chi connectivity index (χ2v) is 10.5. The van der Waals surface area contributed by atoms with Crippen molar-refractivity contribution >= 4 is 47.1 Å². The molecule has 9 nitrogen and oxygen atoms in total. The molecule has 1 aromatic rings. The molecule has 0 fully saturated rings. The molecule has 0 saturated heterocycles. The number of aryl methyl sites for hydroxylation is 1. The topological polar surface area (TPSA) is 134 Å². The van der Waals surface area contributed by atoms with Gasteiger partial charge in [0.15, 0.2) is 0 Å². The normalized spacial score (nSPS) is 17.1. The first-order chi connectivity index (χ1) is 16.6. The van der Waals surface area contributed by atoms with Crippen molar-refractivity contribution in [2.45, 2.75) is 77.3 Å². The summed E-state index contributed by atoms with van der Waals surface area (Å²) in [4.78, 5) is 38.3. The number of hydrogen-bond acceptors (Lipinski definition) is 8. The number of nitrogens with one attached hydrogen (secondary N) is 1. The fourth-order valence-electron chi connectivity index (χ4n) is 3.62. The van der Waals surface area contributed by atoms with E-state index in [2.05, 4.69) is 10.4 Å². The van der Waals surface area contributed by atoms with Gasteiger partial charge in [0.1, 0.15) is 11.1 Å². The monoisotopic (exact) mass is 542 g/mol. The number of benzene rings is 1. The predicted octanol–water partition coefficient (Wildman–Crippen LogP) is 3.41. The molecule has 2 unspecified atom stereocenters.